The predicted molar refractivity (Wildman–Crippen MR) is 123 cm³/mol. The van der Waals surface area contributed by atoms with E-state index in [1.54, 1.807) is 0 Å². The van der Waals surface area contributed by atoms with E-state index in [2.05, 4.69) is 53.5 Å². The number of hydrogen-bond acceptors (Lipinski definition) is 4. The van der Waals surface area contributed by atoms with Gasteiger partial charge in [-0.1, -0.05) is 13.8 Å². The van der Waals surface area contributed by atoms with Crippen LogP contribution in [0.15, 0.2) is 23.0 Å². The van der Waals surface area contributed by atoms with Crippen molar-refractivity contribution in [3.63, 3.8) is 0 Å². The third-order valence-corrected chi connectivity index (χ3v) is 6.29. The van der Waals surface area contributed by atoms with Crippen molar-refractivity contribution in [2.24, 2.45) is 7.05 Å². The molecule has 2 aromatic heterocycles. The third kappa shape index (κ3) is 3.83. The van der Waals surface area contributed by atoms with Crippen molar-refractivity contribution < 1.29 is 15.0 Å². The molecule has 0 saturated carbocycles. The molecule has 0 unspecified atom stereocenters. The van der Waals surface area contributed by atoms with Gasteiger partial charge < -0.3 is 19.8 Å². The summed E-state index contributed by atoms with van der Waals surface area (Å²) in [6, 6.07) is 6.38. The van der Waals surface area contributed by atoms with E-state index in [0.717, 1.165) is 54.5 Å². The number of aromatic carboxylic acids is 1. The molecule has 0 aliphatic heterocycles. The van der Waals surface area contributed by atoms with E-state index in [1.807, 2.05) is 0 Å². The molecule has 1 aromatic carbocycles. The van der Waals surface area contributed by atoms with Crippen molar-refractivity contribution in [3.05, 3.63) is 50.9 Å². The quantitative estimate of drug-likeness (QED) is 0.556. The Kier molecular flexibility index (Phi) is 6.48. The number of carbonyl (C=O) groups is 1. The minimum absolute atomic E-state index is 0. The average molecular weight is 446 g/mol. The van der Waals surface area contributed by atoms with Gasteiger partial charge in [-0.25, -0.2) is 4.79 Å². The van der Waals surface area contributed by atoms with Gasteiger partial charge in [0.2, 0.25) is 0 Å². The summed E-state index contributed by atoms with van der Waals surface area (Å²) in [4.78, 5) is 28.9. The number of rotatable bonds is 5. The zero-order chi connectivity index (χ0) is 21.6. The van der Waals surface area contributed by atoms with Gasteiger partial charge in [0, 0.05) is 41.3 Å². The molecule has 0 bridgehead atoms. The van der Waals surface area contributed by atoms with Crippen molar-refractivity contribution in [2.75, 3.05) is 13.1 Å². The first kappa shape index (κ1) is 22.9. The van der Waals surface area contributed by atoms with Gasteiger partial charge in [0.05, 0.1) is 5.69 Å². The molecule has 31 heavy (non-hydrogen) atoms. The summed E-state index contributed by atoms with van der Waals surface area (Å²) >= 11 is 0. The summed E-state index contributed by atoms with van der Waals surface area (Å²) in [5.74, 6) is -1.83. The van der Waals surface area contributed by atoms with Crippen molar-refractivity contribution in [2.45, 2.75) is 39.7 Å². The maximum absolute atomic E-state index is 12.4. The molecule has 1 aliphatic carbocycles. The fourth-order valence-corrected chi connectivity index (χ4v) is 4.51. The number of hydrogen-bond donors (Lipinski definition) is 3. The molecule has 0 spiro atoms. The number of carboxylic acid groups (broad SMARTS) is 1. The lowest BCUT2D eigenvalue weighted by molar-refractivity contribution is 0.0691. The normalized spacial score (nSPS) is 12.9. The molecular weight excluding hydrogens is 418 g/mol. The van der Waals surface area contributed by atoms with Crippen molar-refractivity contribution in [3.8, 4) is 17.0 Å². The van der Waals surface area contributed by atoms with Gasteiger partial charge >= 0.3 is 5.97 Å². The van der Waals surface area contributed by atoms with E-state index in [9.17, 15) is 19.8 Å². The summed E-state index contributed by atoms with van der Waals surface area (Å²) in [7, 11) is 2.07. The Morgan fingerprint density at radius 2 is 1.90 bits per heavy atom. The van der Waals surface area contributed by atoms with Crippen LogP contribution in [0.5, 0.6) is 5.75 Å². The summed E-state index contributed by atoms with van der Waals surface area (Å²) < 4.78 is 2.22. The Morgan fingerprint density at radius 1 is 1.19 bits per heavy atom. The average Bonchev–Trinajstić information content (AvgIpc) is 2.89. The fraction of sp³-hybridized carbons (Fsp3) is 0.391. The molecule has 166 valence electrons. The highest BCUT2D eigenvalue weighted by atomic mass is 35.5. The maximum atomic E-state index is 12.4. The largest absolute Gasteiger partial charge is 0.506 e. The lowest BCUT2D eigenvalue weighted by Crippen LogP contribution is -2.23. The molecule has 0 amide bonds. The molecule has 1 aliphatic rings. The number of aryl methyl sites for hydroxylation is 2. The van der Waals surface area contributed by atoms with E-state index in [-0.39, 0.29) is 12.4 Å². The Bertz CT molecular complexity index is 1210. The van der Waals surface area contributed by atoms with Crippen LogP contribution in [-0.4, -0.2) is 43.7 Å². The summed E-state index contributed by atoms with van der Waals surface area (Å²) in [5.41, 5.74) is 3.98. The first-order valence-corrected chi connectivity index (χ1v) is 10.4. The lowest BCUT2D eigenvalue weighted by atomic mass is 9.98. The Labute approximate surface area is 186 Å². The lowest BCUT2D eigenvalue weighted by Gasteiger charge is -2.18. The number of pyridine rings is 1. The van der Waals surface area contributed by atoms with Gasteiger partial charge in [-0.3, -0.25) is 9.69 Å². The van der Waals surface area contributed by atoms with E-state index in [4.69, 9.17) is 0 Å². The van der Waals surface area contributed by atoms with Crippen molar-refractivity contribution in [1.82, 2.24) is 14.5 Å². The number of aromatic hydroxyl groups is 1. The molecule has 7 nitrogen and oxygen atoms in total. The predicted octanol–water partition coefficient (Wildman–Crippen LogP) is 3.69. The zero-order valence-corrected chi connectivity index (χ0v) is 18.8. The second-order valence-electron chi connectivity index (χ2n) is 7.91. The van der Waals surface area contributed by atoms with Gasteiger partial charge in [-0.05, 0) is 56.1 Å². The van der Waals surface area contributed by atoms with E-state index in [1.165, 1.54) is 5.69 Å². The van der Waals surface area contributed by atoms with Gasteiger partial charge in [0.15, 0.2) is 5.56 Å². The summed E-state index contributed by atoms with van der Waals surface area (Å²) in [5, 5.41) is 20.9. The molecule has 8 heteroatoms. The minimum atomic E-state index is -1.42. The number of carboxylic acids is 1. The van der Waals surface area contributed by atoms with Crippen LogP contribution in [0.2, 0.25) is 0 Å². The number of fused-ring (bicyclic) bond motifs is 4. The Balaban J connectivity index is 0.00000272. The molecule has 3 N–H and O–H groups in total. The highest BCUT2D eigenvalue weighted by Crippen LogP contribution is 2.38. The first-order valence-electron chi connectivity index (χ1n) is 10.4. The highest BCUT2D eigenvalue weighted by molar-refractivity contribution is 5.93. The number of benzene rings is 1. The molecule has 4 rings (SSSR count). The minimum Gasteiger partial charge on any atom is -0.506 e. The van der Waals surface area contributed by atoms with Crippen LogP contribution < -0.4 is 5.56 Å². The first-order chi connectivity index (χ1) is 14.3. The molecule has 0 saturated heterocycles. The third-order valence-electron chi connectivity index (χ3n) is 6.29. The number of nitrogens with one attached hydrogen (secondary N) is 1. The van der Waals surface area contributed by atoms with E-state index >= 15 is 0 Å². The zero-order valence-electron chi connectivity index (χ0n) is 18.0. The maximum Gasteiger partial charge on any atom is 0.345 e. The van der Waals surface area contributed by atoms with Crippen LogP contribution >= 0.6 is 12.4 Å². The summed E-state index contributed by atoms with van der Waals surface area (Å²) in [6.45, 7) is 7.13. The smallest absolute Gasteiger partial charge is 0.345 e. The topological polar surface area (TPSA) is 98.6 Å². The van der Waals surface area contributed by atoms with Crippen LogP contribution in [0.25, 0.3) is 22.2 Å². The monoisotopic (exact) mass is 445 g/mol. The van der Waals surface area contributed by atoms with Crippen molar-refractivity contribution >= 4 is 29.3 Å². The molecule has 0 atom stereocenters. The molecule has 0 radical (unpaired) electrons. The standard InChI is InChI=1S/C23H27N3O4.ClH/c1-4-26(5-2)12-15-9-14-10-17-13(11-18(14)25(15)3)7-6-8-16-20(17)24-22(28)19(21(16)27)23(29)30;/h9-11H,4-8,12H2,1-3H3,(H,29,30)(H2,24,27,28);1H. The number of halogens is 1. The van der Waals surface area contributed by atoms with Gasteiger partial charge in [-0.15, -0.1) is 12.4 Å². The molecular formula is C23H28ClN3O4. The Hall–Kier alpha value is -2.77. The highest BCUT2D eigenvalue weighted by Gasteiger charge is 2.26. The van der Waals surface area contributed by atoms with Crippen LogP contribution in [0, 0.1) is 0 Å². The second-order valence-corrected chi connectivity index (χ2v) is 7.91. The Morgan fingerprint density at radius 3 is 2.55 bits per heavy atom. The number of aromatic nitrogens is 2. The fourth-order valence-electron chi connectivity index (χ4n) is 4.51. The van der Waals surface area contributed by atoms with E-state index in [0.29, 0.717) is 17.7 Å². The van der Waals surface area contributed by atoms with Crippen LogP contribution in [0.1, 0.15) is 47.4 Å². The van der Waals surface area contributed by atoms with E-state index < -0.39 is 22.8 Å². The number of nitrogens with zero attached hydrogens (tertiary/aromatic N) is 2. The van der Waals surface area contributed by atoms with Gasteiger partial charge in [0.1, 0.15) is 5.75 Å². The van der Waals surface area contributed by atoms with Crippen LogP contribution in [-0.2, 0) is 26.4 Å². The molecule has 3 aromatic rings. The number of H-pyrrole nitrogens is 1. The van der Waals surface area contributed by atoms with Crippen LogP contribution in [0.4, 0.5) is 0 Å². The van der Waals surface area contributed by atoms with Crippen molar-refractivity contribution in [1.29, 1.82) is 0 Å². The van der Waals surface area contributed by atoms with Crippen LogP contribution in [0.3, 0.4) is 0 Å². The molecule has 2 heterocycles. The SMILES string of the molecule is CCN(CC)Cc1cc2cc3c(cc2n1C)CCCc1c-3[nH]c(=O)c(C(=O)O)c1O.Cl. The second kappa shape index (κ2) is 8.77. The number of aromatic amines is 1. The van der Waals surface area contributed by atoms with Gasteiger partial charge in [0.25, 0.3) is 5.56 Å². The molecule has 0 fully saturated rings. The van der Waals surface area contributed by atoms with Gasteiger partial charge in [-0.2, -0.15) is 0 Å². The summed E-state index contributed by atoms with van der Waals surface area (Å²) in [6.07, 6.45) is 2.07.